The Morgan fingerprint density at radius 1 is 0.857 bits per heavy atom. The van der Waals surface area contributed by atoms with Crippen molar-refractivity contribution in [1.82, 2.24) is 5.32 Å². The number of carboxylic acid groups (broad SMARTS) is 1. The number of hydrogen-bond donors (Lipinski definition) is 3. The molecule has 0 heterocycles. The van der Waals surface area contributed by atoms with Gasteiger partial charge in [-0.25, -0.2) is 9.59 Å². The van der Waals surface area contributed by atoms with Crippen LogP contribution in [0.5, 0.6) is 0 Å². The molecule has 2 amide bonds. The van der Waals surface area contributed by atoms with E-state index >= 15 is 0 Å². The average molecular weight is 565 g/mol. The number of benzene rings is 4. The van der Waals surface area contributed by atoms with Crippen molar-refractivity contribution >= 4 is 23.7 Å². The minimum absolute atomic E-state index is 0.113. The summed E-state index contributed by atoms with van der Waals surface area (Å²) in [5, 5.41) is 15.1. The first-order valence-electron chi connectivity index (χ1n) is 13.7. The monoisotopic (exact) mass is 564 g/mol. The molecule has 1 aliphatic carbocycles. The zero-order chi connectivity index (χ0) is 29.6. The van der Waals surface area contributed by atoms with Crippen LogP contribution >= 0.6 is 0 Å². The summed E-state index contributed by atoms with van der Waals surface area (Å²) in [6.07, 6.45) is -1.54. The molecule has 0 saturated heterocycles. The minimum atomic E-state index is -1.32. The van der Waals surface area contributed by atoms with Gasteiger partial charge in [-0.1, -0.05) is 90.5 Å². The van der Waals surface area contributed by atoms with Crippen molar-refractivity contribution in [3.05, 3.63) is 125 Å². The molecule has 1 aliphatic rings. The summed E-state index contributed by atoms with van der Waals surface area (Å²) in [6.45, 7) is 3.70. The van der Waals surface area contributed by atoms with Crippen LogP contribution in [0.4, 0.5) is 10.5 Å². The van der Waals surface area contributed by atoms with E-state index in [2.05, 4.69) is 22.8 Å². The van der Waals surface area contributed by atoms with E-state index in [4.69, 9.17) is 9.47 Å². The van der Waals surface area contributed by atoms with Crippen molar-refractivity contribution in [2.45, 2.75) is 38.5 Å². The van der Waals surface area contributed by atoms with E-state index in [0.29, 0.717) is 0 Å². The van der Waals surface area contributed by atoms with E-state index in [1.54, 1.807) is 32.0 Å². The summed E-state index contributed by atoms with van der Waals surface area (Å²) in [6, 6.07) is 29.0. The number of hydrogen-bond acceptors (Lipinski definition) is 5. The number of aryl methyl sites for hydroxylation is 1. The smallest absolute Gasteiger partial charge is 0.411 e. The summed E-state index contributed by atoms with van der Waals surface area (Å²) in [5.41, 5.74) is 6.38. The van der Waals surface area contributed by atoms with Gasteiger partial charge < -0.3 is 19.9 Å². The summed E-state index contributed by atoms with van der Waals surface area (Å²) >= 11 is 0. The molecule has 5 rings (SSSR count). The van der Waals surface area contributed by atoms with Gasteiger partial charge in [0.2, 0.25) is 0 Å². The number of anilines is 1. The van der Waals surface area contributed by atoms with E-state index in [-0.39, 0.29) is 30.4 Å². The molecule has 0 radical (unpaired) electrons. The number of carbonyl (C=O) groups is 3. The molecule has 214 valence electrons. The highest BCUT2D eigenvalue weighted by Crippen LogP contribution is 2.44. The first-order chi connectivity index (χ1) is 20.3. The molecule has 0 saturated carbocycles. The van der Waals surface area contributed by atoms with Crippen LogP contribution < -0.4 is 10.6 Å². The lowest BCUT2D eigenvalue weighted by Gasteiger charge is -2.23. The Hall–Kier alpha value is -4.95. The summed E-state index contributed by atoms with van der Waals surface area (Å²) < 4.78 is 11.4. The molecule has 0 aromatic heterocycles. The molecule has 4 aromatic rings. The minimum Gasteiger partial charge on any atom is -0.480 e. The van der Waals surface area contributed by atoms with E-state index in [1.165, 1.54) is 0 Å². The third-order valence-electron chi connectivity index (χ3n) is 7.38. The van der Waals surface area contributed by atoms with Gasteiger partial charge in [-0.3, -0.25) is 10.1 Å². The summed E-state index contributed by atoms with van der Waals surface area (Å²) in [5.74, 6) is -2.00. The Labute approximate surface area is 244 Å². The number of ether oxygens (including phenoxy) is 2. The maximum Gasteiger partial charge on any atom is 0.411 e. The number of amides is 2. The topological polar surface area (TPSA) is 114 Å². The lowest BCUT2D eigenvalue weighted by atomic mass is 9.98. The SMILES string of the molecule is Cc1ccc(NC(=O)OCC2c3ccccc3-c3ccccc32)c(C(=O)NC(C(=O)O)C(C)OCc2ccccc2)c1. The van der Waals surface area contributed by atoms with Crippen molar-refractivity contribution in [3.63, 3.8) is 0 Å². The summed E-state index contributed by atoms with van der Waals surface area (Å²) in [7, 11) is 0. The van der Waals surface area contributed by atoms with Crippen molar-refractivity contribution in [2.75, 3.05) is 11.9 Å². The predicted octanol–water partition coefficient (Wildman–Crippen LogP) is 6.14. The third kappa shape index (κ3) is 6.34. The molecule has 2 atom stereocenters. The van der Waals surface area contributed by atoms with Gasteiger partial charge in [0.15, 0.2) is 6.04 Å². The Bertz CT molecular complexity index is 1560. The van der Waals surface area contributed by atoms with Crippen LogP contribution in [0.2, 0.25) is 0 Å². The van der Waals surface area contributed by atoms with Crippen LogP contribution in [0.15, 0.2) is 97.1 Å². The second-order valence-electron chi connectivity index (χ2n) is 10.3. The Morgan fingerprint density at radius 3 is 2.12 bits per heavy atom. The van der Waals surface area contributed by atoms with Crippen LogP contribution in [0, 0.1) is 6.92 Å². The molecular formula is C34H32N2O6. The fourth-order valence-electron chi connectivity index (χ4n) is 5.20. The molecule has 0 aliphatic heterocycles. The number of carboxylic acids is 1. The van der Waals surface area contributed by atoms with Gasteiger partial charge in [-0.05, 0) is 53.8 Å². The lowest BCUT2D eigenvalue weighted by Crippen LogP contribution is -2.48. The van der Waals surface area contributed by atoms with Crippen LogP contribution in [-0.2, 0) is 20.9 Å². The highest BCUT2D eigenvalue weighted by atomic mass is 16.5. The van der Waals surface area contributed by atoms with Gasteiger partial charge in [0.25, 0.3) is 5.91 Å². The third-order valence-corrected chi connectivity index (χ3v) is 7.38. The summed E-state index contributed by atoms with van der Waals surface area (Å²) in [4.78, 5) is 38.3. The van der Waals surface area contributed by atoms with Gasteiger partial charge in [-0.15, -0.1) is 0 Å². The van der Waals surface area contributed by atoms with Crippen LogP contribution in [0.3, 0.4) is 0 Å². The zero-order valence-electron chi connectivity index (χ0n) is 23.4. The highest BCUT2D eigenvalue weighted by Gasteiger charge is 2.30. The molecule has 8 heteroatoms. The molecule has 42 heavy (non-hydrogen) atoms. The molecule has 0 spiro atoms. The van der Waals surface area contributed by atoms with Gasteiger partial charge in [0, 0.05) is 5.92 Å². The van der Waals surface area contributed by atoms with E-state index in [1.807, 2.05) is 66.7 Å². The van der Waals surface area contributed by atoms with Crippen molar-refractivity contribution < 1.29 is 29.0 Å². The van der Waals surface area contributed by atoms with Gasteiger partial charge in [0.05, 0.1) is 24.0 Å². The first kappa shape index (κ1) is 28.6. The largest absolute Gasteiger partial charge is 0.480 e. The lowest BCUT2D eigenvalue weighted by molar-refractivity contribution is -0.143. The van der Waals surface area contributed by atoms with Crippen molar-refractivity contribution in [1.29, 1.82) is 0 Å². The predicted molar refractivity (Wildman–Crippen MR) is 159 cm³/mol. The fourth-order valence-corrected chi connectivity index (χ4v) is 5.20. The van der Waals surface area contributed by atoms with Crippen LogP contribution in [-0.4, -0.2) is 41.8 Å². The second-order valence-corrected chi connectivity index (χ2v) is 10.3. The molecule has 4 aromatic carbocycles. The first-order valence-corrected chi connectivity index (χ1v) is 13.7. The van der Waals surface area contributed by atoms with Crippen LogP contribution in [0.25, 0.3) is 11.1 Å². The van der Waals surface area contributed by atoms with E-state index in [9.17, 15) is 19.5 Å². The molecule has 0 bridgehead atoms. The second kappa shape index (κ2) is 12.7. The van der Waals surface area contributed by atoms with Gasteiger partial charge in [-0.2, -0.15) is 0 Å². The number of aliphatic carboxylic acids is 1. The van der Waals surface area contributed by atoms with E-state index < -0.39 is 30.1 Å². The molecule has 8 nitrogen and oxygen atoms in total. The molecule has 2 unspecified atom stereocenters. The molecule has 0 fully saturated rings. The van der Waals surface area contributed by atoms with Gasteiger partial charge >= 0.3 is 12.1 Å². The standard InChI is InChI=1S/C34H32N2O6/c1-21-16-17-30(28(18-21)32(37)36-31(33(38)39)22(2)41-19-23-10-4-3-5-11-23)35-34(40)42-20-29-26-14-8-6-12-24(26)25-13-7-9-15-27(25)29/h3-18,22,29,31H,19-20H2,1-2H3,(H,35,40)(H,36,37)(H,38,39). The number of nitrogens with one attached hydrogen (secondary N) is 2. The zero-order valence-corrected chi connectivity index (χ0v) is 23.4. The van der Waals surface area contributed by atoms with Gasteiger partial charge in [0.1, 0.15) is 6.61 Å². The van der Waals surface area contributed by atoms with Crippen molar-refractivity contribution in [3.8, 4) is 11.1 Å². The Kier molecular flexibility index (Phi) is 8.64. The number of rotatable bonds is 10. The normalized spacial score (nSPS) is 13.4. The quantitative estimate of drug-likeness (QED) is 0.213. The number of fused-ring (bicyclic) bond motifs is 3. The molecule has 3 N–H and O–H groups in total. The Morgan fingerprint density at radius 2 is 1.48 bits per heavy atom. The number of carbonyl (C=O) groups excluding carboxylic acids is 2. The fraction of sp³-hybridized carbons (Fsp3) is 0.206. The van der Waals surface area contributed by atoms with E-state index in [0.717, 1.165) is 33.4 Å². The molecular weight excluding hydrogens is 532 g/mol. The maximum atomic E-state index is 13.3. The Balaban J connectivity index is 1.25. The highest BCUT2D eigenvalue weighted by molar-refractivity contribution is 6.04. The van der Waals surface area contributed by atoms with Crippen LogP contribution in [0.1, 0.15) is 45.5 Å². The van der Waals surface area contributed by atoms with Crippen molar-refractivity contribution in [2.24, 2.45) is 0 Å². The average Bonchev–Trinajstić information content (AvgIpc) is 3.32. The maximum absolute atomic E-state index is 13.3.